The van der Waals surface area contributed by atoms with Crippen LogP contribution in [0.3, 0.4) is 0 Å². The van der Waals surface area contributed by atoms with E-state index in [1.54, 1.807) is 18.2 Å². The van der Waals surface area contributed by atoms with Crippen molar-refractivity contribution in [2.24, 2.45) is 0 Å². The summed E-state index contributed by atoms with van der Waals surface area (Å²) in [6.07, 6.45) is 4.97. The molecule has 1 aliphatic rings. The number of thiocarbonyl (C=S) groups is 1. The molecule has 3 aromatic rings. The van der Waals surface area contributed by atoms with Crippen molar-refractivity contribution in [1.82, 2.24) is 9.88 Å². The monoisotopic (exact) mass is 543 g/mol. The summed E-state index contributed by atoms with van der Waals surface area (Å²) in [4.78, 5) is 32.6. The Kier molecular flexibility index (Phi) is 8.56. The van der Waals surface area contributed by atoms with Gasteiger partial charge in [0.2, 0.25) is 5.91 Å². The molecular weight excluding hydrogens is 522 g/mol. The maximum absolute atomic E-state index is 12.8. The van der Waals surface area contributed by atoms with Crippen molar-refractivity contribution in [3.8, 4) is 5.75 Å². The molecule has 0 spiro atoms. The maximum atomic E-state index is 12.8. The zero-order valence-corrected chi connectivity index (χ0v) is 22.0. The highest BCUT2D eigenvalue weighted by molar-refractivity contribution is 8.26. The Labute approximate surface area is 222 Å². The van der Waals surface area contributed by atoms with Crippen LogP contribution in [0.1, 0.15) is 28.8 Å². The topological polar surface area (TPSA) is 71.5 Å². The minimum atomic E-state index is -0.150. The Morgan fingerprint density at radius 1 is 1.23 bits per heavy atom. The number of carbonyl (C=O) groups excluding carboxylic acids is 2. The molecule has 4 rings (SSSR count). The molecule has 180 valence electrons. The number of carbonyl (C=O) groups is 2. The minimum absolute atomic E-state index is 0.139. The van der Waals surface area contributed by atoms with Gasteiger partial charge in [0.25, 0.3) is 5.91 Å². The van der Waals surface area contributed by atoms with Gasteiger partial charge >= 0.3 is 0 Å². The molecule has 6 nitrogen and oxygen atoms in total. The van der Waals surface area contributed by atoms with Gasteiger partial charge in [-0.25, -0.2) is 4.98 Å². The van der Waals surface area contributed by atoms with Crippen LogP contribution in [-0.4, -0.2) is 39.7 Å². The number of ether oxygens (including phenoxy) is 1. The number of hydrogen-bond donors (Lipinski definition) is 1. The number of amides is 2. The van der Waals surface area contributed by atoms with Gasteiger partial charge in [0.05, 0.1) is 12.0 Å². The molecule has 1 aliphatic heterocycles. The van der Waals surface area contributed by atoms with Gasteiger partial charge in [-0.15, -0.1) is 11.3 Å². The lowest BCUT2D eigenvalue weighted by Crippen LogP contribution is -2.29. The molecule has 2 amide bonds. The third-order valence-corrected chi connectivity index (χ3v) is 7.85. The Hall–Kier alpha value is -2.72. The molecule has 2 heterocycles. The summed E-state index contributed by atoms with van der Waals surface area (Å²) in [5.74, 6) is 0.464. The molecule has 0 radical (unpaired) electrons. The first kappa shape index (κ1) is 25.4. The highest BCUT2D eigenvalue weighted by Crippen LogP contribution is 2.33. The first-order chi connectivity index (χ1) is 16.9. The van der Waals surface area contributed by atoms with E-state index in [4.69, 9.17) is 28.6 Å². The van der Waals surface area contributed by atoms with Crippen LogP contribution in [0.5, 0.6) is 5.75 Å². The third-order valence-electron chi connectivity index (χ3n) is 5.20. The van der Waals surface area contributed by atoms with Crippen molar-refractivity contribution >= 4 is 74.3 Å². The summed E-state index contributed by atoms with van der Waals surface area (Å²) in [6.45, 7) is 0.383. The van der Waals surface area contributed by atoms with E-state index >= 15 is 0 Å². The Bertz CT molecular complexity index is 1270. The fourth-order valence-corrected chi connectivity index (χ4v) is 5.76. The van der Waals surface area contributed by atoms with Crippen molar-refractivity contribution in [2.75, 3.05) is 19.0 Å². The van der Waals surface area contributed by atoms with Gasteiger partial charge < -0.3 is 10.1 Å². The van der Waals surface area contributed by atoms with Crippen molar-refractivity contribution in [3.63, 3.8) is 0 Å². The van der Waals surface area contributed by atoms with E-state index in [1.165, 1.54) is 23.1 Å². The van der Waals surface area contributed by atoms with Gasteiger partial charge in [-0.1, -0.05) is 65.9 Å². The van der Waals surface area contributed by atoms with Crippen LogP contribution in [0, 0.1) is 0 Å². The van der Waals surface area contributed by atoms with Crippen molar-refractivity contribution < 1.29 is 14.3 Å². The number of aromatic nitrogens is 1. The highest BCUT2D eigenvalue weighted by atomic mass is 35.5. The fourth-order valence-electron chi connectivity index (χ4n) is 3.40. The maximum Gasteiger partial charge on any atom is 0.266 e. The van der Waals surface area contributed by atoms with Crippen LogP contribution in [0.2, 0.25) is 5.02 Å². The average molecular weight is 544 g/mol. The fraction of sp³-hybridized carbons (Fsp3) is 0.200. The largest absolute Gasteiger partial charge is 0.497 e. The molecule has 1 N–H and O–H groups in total. The molecule has 2 aromatic carbocycles. The number of hydrogen-bond acceptors (Lipinski definition) is 7. The molecule has 0 atom stereocenters. The molecule has 1 saturated heterocycles. The van der Waals surface area contributed by atoms with E-state index < -0.39 is 0 Å². The van der Waals surface area contributed by atoms with Gasteiger partial charge in [-0.05, 0) is 41.8 Å². The van der Waals surface area contributed by atoms with Crippen LogP contribution in [0.25, 0.3) is 6.08 Å². The van der Waals surface area contributed by atoms with E-state index in [-0.39, 0.29) is 18.2 Å². The molecule has 0 aliphatic carbocycles. The number of thioether (sulfide) groups is 1. The first-order valence-corrected chi connectivity index (χ1v) is 13.2. The number of anilines is 1. The molecule has 0 unspecified atom stereocenters. The molecule has 35 heavy (non-hydrogen) atoms. The van der Waals surface area contributed by atoms with Crippen LogP contribution >= 0.6 is 46.9 Å². The quantitative estimate of drug-likeness (QED) is 0.263. The van der Waals surface area contributed by atoms with E-state index in [1.807, 2.05) is 54.6 Å². The Morgan fingerprint density at radius 3 is 2.74 bits per heavy atom. The lowest BCUT2D eigenvalue weighted by atomic mass is 10.1. The third kappa shape index (κ3) is 6.70. The normalized spacial score (nSPS) is 14.6. The summed E-state index contributed by atoms with van der Waals surface area (Å²) in [5, 5.41) is 4.09. The predicted octanol–water partition coefficient (Wildman–Crippen LogP) is 6.02. The first-order valence-electron chi connectivity index (χ1n) is 10.8. The van der Waals surface area contributed by atoms with Gasteiger partial charge in [0.1, 0.15) is 10.1 Å². The van der Waals surface area contributed by atoms with Crippen LogP contribution in [0.4, 0.5) is 5.13 Å². The second-order valence-electron chi connectivity index (χ2n) is 7.66. The van der Waals surface area contributed by atoms with Gasteiger partial charge in [0, 0.05) is 35.5 Å². The summed E-state index contributed by atoms with van der Waals surface area (Å²) < 4.78 is 5.66. The number of thiazole rings is 1. The zero-order chi connectivity index (χ0) is 24.8. The van der Waals surface area contributed by atoms with E-state index in [9.17, 15) is 9.59 Å². The highest BCUT2D eigenvalue weighted by Gasteiger charge is 2.31. The lowest BCUT2D eigenvalue weighted by Gasteiger charge is -2.13. The molecule has 1 fully saturated rings. The SMILES string of the molecule is COc1ccc(C=C2SC(=S)N(CCCC(=O)Nc3ncc(Cc4ccccc4Cl)s3)C2=O)cc1. The Morgan fingerprint density at radius 2 is 2.00 bits per heavy atom. The van der Waals surface area contributed by atoms with Crippen LogP contribution in [-0.2, 0) is 16.0 Å². The summed E-state index contributed by atoms with van der Waals surface area (Å²) in [5.41, 5.74) is 1.91. The second kappa shape index (κ2) is 11.8. The number of nitrogens with zero attached hydrogens (tertiary/aromatic N) is 2. The van der Waals surface area contributed by atoms with Gasteiger partial charge in [-0.2, -0.15) is 0 Å². The summed E-state index contributed by atoms with van der Waals surface area (Å²) >= 11 is 14.3. The van der Waals surface area contributed by atoms with Crippen LogP contribution < -0.4 is 10.1 Å². The summed E-state index contributed by atoms with van der Waals surface area (Å²) in [6, 6.07) is 15.1. The zero-order valence-electron chi connectivity index (χ0n) is 18.8. The van der Waals surface area contributed by atoms with Gasteiger partial charge in [0.15, 0.2) is 5.13 Å². The molecule has 0 saturated carbocycles. The Balaban J connectivity index is 1.26. The molecule has 10 heteroatoms. The number of benzene rings is 2. The molecule has 0 bridgehead atoms. The van der Waals surface area contributed by atoms with Crippen molar-refractivity contribution in [1.29, 1.82) is 0 Å². The smallest absolute Gasteiger partial charge is 0.266 e. The number of halogens is 1. The van der Waals surface area contributed by atoms with Crippen LogP contribution in [0.15, 0.2) is 59.6 Å². The van der Waals surface area contributed by atoms with E-state index in [2.05, 4.69) is 10.3 Å². The molecular formula is C25H22ClN3O3S3. The standard InChI is InChI=1S/C25H22ClN3O3S3/c1-32-18-10-8-16(9-11-18)13-21-23(31)29(25(33)35-21)12-4-7-22(30)28-24-27-15-19(34-24)14-17-5-2-3-6-20(17)26/h2-3,5-6,8-11,13,15H,4,7,12,14H2,1H3,(H,27,28,30). The van der Waals surface area contributed by atoms with Gasteiger partial charge in [-0.3, -0.25) is 14.5 Å². The number of nitrogens with one attached hydrogen (secondary N) is 1. The number of methoxy groups -OCH3 is 1. The van der Waals surface area contributed by atoms with E-state index in [0.29, 0.717) is 38.8 Å². The lowest BCUT2D eigenvalue weighted by molar-refractivity contribution is -0.122. The minimum Gasteiger partial charge on any atom is -0.497 e. The number of rotatable bonds is 9. The second-order valence-corrected chi connectivity index (χ2v) is 10.9. The van der Waals surface area contributed by atoms with Crippen molar-refractivity contribution in [2.45, 2.75) is 19.3 Å². The molecule has 1 aromatic heterocycles. The summed E-state index contributed by atoms with van der Waals surface area (Å²) in [7, 11) is 1.61. The van der Waals surface area contributed by atoms with E-state index in [0.717, 1.165) is 21.8 Å². The van der Waals surface area contributed by atoms with Crippen molar-refractivity contribution in [3.05, 3.63) is 80.7 Å². The predicted molar refractivity (Wildman–Crippen MR) is 147 cm³/mol. The average Bonchev–Trinajstić information content (AvgIpc) is 3.39.